The van der Waals surface area contributed by atoms with Crippen LogP contribution in [0.5, 0.6) is 0 Å². The molecular weight excluding hydrogens is 263 g/mol. The molecule has 0 N–H and O–H groups in total. The first-order chi connectivity index (χ1) is 5.56. The van der Waals surface area contributed by atoms with E-state index in [-0.39, 0.29) is 0 Å². The van der Waals surface area contributed by atoms with Gasteiger partial charge in [0.05, 0.1) is 17.2 Å². The van der Waals surface area contributed by atoms with Gasteiger partial charge >= 0.3 is 0 Å². The lowest BCUT2D eigenvalue weighted by atomic mass is 9.91. The van der Waals surface area contributed by atoms with E-state index >= 15 is 0 Å². The molecule has 0 saturated carbocycles. The quantitative estimate of drug-likeness (QED) is 0.581. The molecule has 3 heteroatoms. The van der Waals surface area contributed by atoms with Gasteiger partial charge in [-0.15, -0.1) is 0 Å². The second-order valence-electron chi connectivity index (χ2n) is 3.08. The van der Waals surface area contributed by atoms with E-state index < -0.39 is 5.41 Å². The minimum atomic E-state index is -0.485. The third kappa shape index (κ3) is 1.95. The molecule has 1 aromatic rings. The first-order valence-corrected chi connectivity index (χ1v) is 4.68. The highest BCUT2D eigenvalue weighted by Gasteiger charge is 2.20. The molecule has 1 heterocycles. The molecule has 0 saturated heterocycles. The van der Waals surface area contributed by atoms with Crippen molar-refractivity contribution < 1.29 is 0 Å². The number of rotatable bonds is 1. The molecule has 0 spiro atoms. The summed E-state index contributed by atoms with van der Waals surface area (Å²) in [5.74, 6) is 0. The van der Waals surface area contributed by atoms with Crippen molar-refractivity contribution in [3.63, 3.8) is 0 Å². The van der Waals surface area contributed by atoms with Gasteiger partial charge in [0, 0.05) is 0 Å². The van der Waals surface area contributed by atoms with Gasteiger partial charge in [0.2, 0.25) is 0 Å². The standard InChI is InChI=1S/C9H9IN2/c1-9(2,6-11)7-4-3-5-8(10)12-7/h3-5H,1-2H3. The number of nitriles is 1. The lowest BCUT2D eigenvalue weighted by Crippen LogP contribution is -2.16. The van der Waals surface area contributed by atoms with Crippen molar-refractivity contribution in [3.05, 3.63) is 27.6 Å². The number of hydrogen-bond acceptors (Lipinski definition) is 2. The zero-order valence-corrected chi connectivity index (χ0v) is 9.16. The highest BCUT2D eigenvalue weighted by Crippen LogP contribution is 2.20. The van der Waals surface area contributed by atoms with Crippen LogP contribution in [0, 0.1) is 15.0 Å². The maximum Gasteiger partial charge on any atom is 0.101 e. The minimum absolute atomic E-state index is 0.485. The third-order valence-corrected chi connectivity index (χ3v) is 2.24. The Kier molecular flexibility index (Phi) is 2.68. The van der Waals surface area contributed by atoms with Crippen LogP contribution >= 0.6 is 22.6 Å². The topological polar surface area (TPSA) is 36.7 Å². The molecule has 1 rings (SSSR count). The molecule has 0 aliphatic carbocycles. The monoisotopic (exact) mass is 272 g/mol. The van der Waals surface area contributed by atoms with Crippen molar-refractivity contribution >= 4 is 22.6 Å². The van der Waals surface area contributed by atoms with Crippen molar-refractivity contribution in [1.82, 2.24) is 4.98 Å². The second kappa shape index (κ2) is 3.40. The van der Waals surface area contributed by atoms with Crippen LogP contribution in [0.15, 0.2) is 18.2 Å². The van der Waals surface area contributed by atoms with Crippen LogP contribution in [-0.2, 0) is 5.41 Å². The molecule has 0 fully saturated rings. The van der Waals surface area contributed by atoms with Gasteiger partial charge in [-0.2, -0.15) is 5.26 Å². The Labute approximate surface area is 85.8 Å². The molecular formula is C9H9IN2. The molecule has 0 atom stereocenters. The molecule has 0 radical (unpaired) electrons. The van der Waals surface area contributed by atoms with Crippen LogP contribution in [0.2, 0.25) is 0 Å². The molecule has 0 amide bonds. The van der Waals surface area contributed by atoms with Crippen molar-refractivity contribution in [2.24, 2.45) is 0 Å². The summed E-state index contributed by atoms with van der Waals surface area (Å²) in [5.41, 5.74) is 0.346. The molecule has 62 valence electrons. The Morgan fingerprint density at radius 3 is 2.67 bits per heavy atom. The average Bonchev–Trinajstić information content (AvgIpc) is 2.05. The average molecular weight is 272 g/mol. The summed E-state index contributed by atoms with van der Waals surface area (Å²) in [6.07, 6.45) is 0. The summed E-state index contributed by atoms with van der Waals surface area (Å²) in [6.45, 7) is 3.73. The summed E-state index contributed by atoms with van der Waals surface area (Å²) in [5, 5.41) is 8.85. The number of pyridine rings is 1. The van der Waals surface area contributed by atoms with Crippen LogP contribution in [0.4, 0.5) is 0 Å². The second-order valence-corrected chi connectivity index (χ2v) is 4.19. The fourth-order valence-electron chi connectivity index (χ4n) is 0.814. The zero-order chi connectivity index (χ0) is 9.19. The van der Waals surface area contributed by atoms with E-state index in [1.807, 2.05) is 32.0 Å². The van der Waals surface area contributed by atoms with Gasteiger partial charge < -0.3 is 0 Å². The van der Waals surface area contributed by atoms with E-state index in [0.29, 0.717) is 0 Å². The lowest BCUT2D eigenvalue weighted by molar-refractivity contribution is 0.657. The highest BCUT2D eigenvalue weighted by molar-refractivity contribution is 14.1. The number of aromatic nitrogens is 1. The van der Waals surface area contributed by atoms with Crippen LogP contribution in [0.3, 0.4) is 0 Å². The maximum atomic E-state index is 8.85. The first-order valence-electron chi connectivity index (χ1n) is 3.60. The SMILES string of the molecule is CC(C)(C#N)c1cccc(I)n1. The lowest BCUT2D eigenvalue weighted by Gasteiger charge is -2.13. The predicted molar refractivity (Wildman–Crippen MR) is 55.6 cm³/mol. The van der Waals surface area contributed by atoms with E-state index in [4.69, 9.17) is 5.26 Å². The van der Waals surface area contributed by atoms with Crippen molar-refractivity contribution in [2.45, 2.75) is 19.3 Å². The Hall–Kier alpha value is -0.630. The number of hydrogen-bond donors (Lipinski definition) is 0. The fourth-order valence-corrected chi connectivity index (χ4v) is 1.28. The Morgan fingerprint density at radius 1 is 1.50 bits per heavy atom. The molecule has 0 unspecified atom stereocenters. The van der Waals surface area contributed by atoms with E-state index in [2.05, 4.69) is 33.6 Å². The summed E-state index contributed by atoms with van der Waals surface area (Å²) < 4.78 is 0.924. The molecule has 0 bridgehead atoms. The molecule has 0 aliphatic rings. The maximum absolute atomic E-state index is 8.85. The smallest absolute Gasteiger partial charge is 0.101 e. The van der Waals surface area contributed by atoms with Gasteiger partial charge in [0.15, 0.2) is 0 Å². The summed E-state index contributed by atoms with van der Waals surface area (Å²) in [7, 11) is 0. The Morgan fingerprint density at radius 2 is 2.17 bits per heavy atom. The van der Waals surface area contributed by atoms with Gasteiger partial charge in [0.25, 0.3) is 0 Å². The fraction of sp³-hybridized carbons (Fsp3) is 0.333. The van der Waals surface area contributed by atoms with Gasteiger partial charge in [-0.1, -0.05) is 6.07 Å². The van der Waals surface area contributed by atoms with Gasteiger partial charge in [0.1, 0.15) is 3.70 Å². The van der Waals surface area contributed by atoms with E-state index in [0.717, 1.165) is 9.39 Å². The summed E-state index contributed by atoms with van der Waals surface area (Å²) in [6, 6.07) is 7.93. The summed E-state index contributed by atoms with van der Waals surface area (Å²) in [4.78, 5) is 4.28. The predicted octanol–water partition coefficient (Wildman–Crippen LogP) is 2.49. The van der Waals surface area contributed by atoms with Crippen LogP contribution in [0.1, 0.15) is 19.5 Å². The zero-order valence-electron chi connectivity index (χ0n) is 7.00. The van der Waals surface area contributed by atoms with E-state index in [9.17, 15) is 0 Å². The number of nitrogens with zero attached hydrogens (tertiary/aromatic N) is 2. The van der Waals surface area contributed by atoms with Crippen LogP contribution in [0.25, 0.3) is 0 Å². The summed E-state index contributed by atoms with van der Waals surface area (Å²) >= 11 is 2.14. The third-order valence-electron chi connectivity index (χ3n) is 1.63. The van der Waals surface area contributed by atoms with Crippen LogP contribution < -0.4 is 0 Å². The van der Waals surface area contributed by atoms with E-state index in [1.54, 1.807) is 0 Å². The first kappa shape index (κ1) is 9.46. The van der Waals surface area contributed by atoms with E-state index in [1.165, 1.54) is 0 Å². The van der Waals surface area contributed by atoms with Crippen molar-refractivity contribution in [2.75, 3.05) is 0 Å². The molecule has 0 aliphatic heterocycles. The molecule has 0 aromatic carbocycles. The number of halogens is 1. The van der Waals surface area contributed by atoms with Gasteiger partial charge in [-0.05, 0) is 48.6 Å². The van der Waals surface area contributed by atoms with Crippen molar-refractivity contribution in [1.29, 1.82) is 5.26 Å². The largest absolute Gasteiger partial charge is 0.245 e. The van der Waals surface area contributed by atoms with Gasteiger partial charge in [-0.25, -0.2) is 4.98 Å². The Balaban J connectivity index is 3.14. The Bertz CT molecular complexity index is 326. The molecule has 2 nitrogen and oxygen atoms in total. The van der Waals surface area contributed by atoms with Crippen LogP contribution in [-0.4, -0.2) is 4.98 Å². The minimum Gasteiger partial charge on any atom is -0.245 e. The van der Waals surface area contributed by atoms with Gasteiger partial charge in [-0.3, -0.25) is 0 Å². The molecule has 12 heavy (non-hydrogen) atoms. The molecule has 1 aromatic heterocycles. The highest BCUT2D eigenvalue weighted by atomic mass is 127. The normalized spacial score (nSPS) is 10.8. The van der Waals surface area contributed by atoms with Crippen molar-refractivity contribution in [3.8, 4) is 6.07 Å².